The number of hydrazone groups is 1. The molecule has 0 fully saturated rings. The minimum absolute atomic E-state index is 0.0125. The van der Waals surface area contributed by atoms with E-state index in [1.165, 1.54) is 19.3 Å². The highest BCUT2D eigenvalue weighted by atomic mass is 16.3. The van der Waals surface area contributed by atoms with Crippen molar-refractivity contribution in [1.29, 1.82) is 0 Å². The average Bonchev–Trinajstić information content (AvgIpc) is 2.91. The van der Waals surface area contributed by atoms with E-state index in [0.717, 1.165) is 29.4 Å². The van der Waals surface area contributed by atoms with E-state index in [1.54, 1.807) is 4.68 Å². The number of nitrogens with zero attached hydrogens (tertiary/aromatic N) is 3. The molecule has 1 atom stereocenters. The van der Waals surface area contributed by atoms with E-state index >= 15 is 0 Å². The molecule has 0 saturated heterocycles. The molecule has 120 valence electrons. The van der Waals surface area contributed by atoms with Crippen LogP contribution < -0.4 is 5.11 Å². The molecule has 1 aromatic heterocycles. The number of pyridine rings is 1. The number of para-hydroxylation sites is 1. The highest BCUT2D eigenvalue weighted by Crippen LogP contribution is 2.16. The van der Waals surface area contributed by atoms with Crippen LogP contribution in [-0.2, 0) is 0 Å². The van der Waals surface area contributed by atoms with Crippen molar-refractivity contribution in [3.8, 4) is 0 Å². The summed E-state index contributed by atoms with van der Waals surface area (Å²) in [6.45, 7) is 2.88. The van der Waals surface area contributed by atoms with Crippen LogP contribution in [0.1, 0.15) is 44.7 Å². The molecule has 0 bridgehead atoms. The van der Waals surface area contributed by atoms with Crippen molar-refractivity contribution in [2.45, 2.75) is 39.0 Å². The molecule has 2 aromatic rings. The van der Waals surface area contributed by atoms with Gasteiger partial charge in [-0.3, -0.25) is 0 Å². The lowest BCUT2D eigenvalue weighted by Crippen LogP contribution is -2.26. The number of benzene rings is 1. The maximum atomic E-state index is 12.0. The van der Waals surface area contributed by atoms with Crippen LogP contribution in [0.3, 0.4) is 0 Å². The Morgan fingerprint density at radius 1 is 1.17 bits per heavy atom. The second-order valence-corrected chi connectivity index (χ2v) is 6.16. The Morgan fingerprint density at radius 2 is 2.04 bits per heavy atom. The quantitative estimate of drug-likeness (QED) is 0.608. The van der Waals surface area contributed by atoms with E-state index in [-0.39, 0.29) is 11.8 Å². The summed E-state index contributed by atoms with van der Waals surface area (Å²) in [6, 6.07) is 12.0. The fourth-order valence-electron chi connectivity index (χ4n) is 2.97. The summed E-state index contributed by atoms with van der Waals surface area (Å²) in [7, 11) is 0. The van der Waals surface area contributed by atoms with Crippen LogP contribution in [-0.4, -0.2) is 28.3 Å². The third-order valence-corrected chi connectivity index (χ3v) is 4.29. The second-order valence-electron chi connectivity index (χ2n) is 6.16. The fourth-order valence-corrected chi connectivity index (χ4v) is 2.97. The number of hydrogen-bond donors (Lipinski definition) is 0. The minimum Gasteiger partial charge on any atom is -0.857 e. The molecule has 23 heavy (non-hydrogen) atoms. The minimum atomic E-state index is 0.0125. The van der Waals surface area contributed by atoms with Crippen LogP contribution in [0.2, 0.25) is 0 Å². The molecule has 0 unspecified atom stereocenters. The zero-order valence-corrected chi connectivity index (χ0v) is 13.6. The Morgan fingerprint density at radius 3 is 2.91 bits per heavy atom. The van der Waals surface area contributed by atoms with Gasteiger partial charge in [0.25, 0.3) is 0 Å². The van der Waals surface area contributed by atoms with E-state index in [2.05, 4.69) is 17.0 Å². The number of rotatable bonds is 6. The van der Waals surface area contributed by atoms with Gasteiger partial charge in [0.05, 0.1) is 11.4 Å². The van der Waals surface area contributed by atoms with Gasteiger partial charge >= 0.3 is 0 Å². The zero-order chi connectivity index (χ0) is 16.1. The standard InChI is InChI=1S/C19H23N3O/c1-2-3-4-5-9-16-13-22(21-19(16)23)14-17-12-11-15-8-6-7-10-18(15)20-17/h6-8,10-12,14,16H,2-5,9,13H2,1H3/t16-/m0/s1. The van der Waals surface area contributed by atoms with E-state index in [1.807, 2.05) is 42.6 Å². The smallest absolute Gasteiger partial charge is 0.221 e. The van der Waals surface area contributed by atoms with Crippen molar-refractivity contribution >= 4 is 23.0 Å². The summed E-state index contributed by atoms with van der Waals surface area (Å²) < 4.78 is 1.75. The second kappa shape index (κ2) is 7.36. The van der Waals surface area contributed by atoms with E-state index in [0.29, 0.717) is 6.54 Å². The lowest BCUT2D eigenvalue weighted by atomic mass is 10.0. The Kier molecular flexibility index (Phi) is 5.01. The molecule has 0 aliphatic carbocycles. The maximum absolute atomic E-state index is 12.0. The van der Waals surface area contributed by atoms with Crippen molar-refractivity contribution in [2.75, 3.05) is 6.54 Å². The van der Waals surface area contributed by atoms with Gasteiger partial charge in [0, 0.05) is 11.3 Å². The molecule has 0 amide bonds. The van der Waals surface area contributed by atoms with E-state index < -0.39 is 0 Å². The number of unbranched alkanes of at least 4 members (excludes halogenated alkanes) is 3. The Balaban J connectivity index is 1.68. The third-order valence-electron chi connectivity index (χ3n) is 4.29. The normalized spacial score (nSPS) is 19.4. The Hall–Kier alpha value is -2.23. The van der Waals surface area contributed by atoms with Gasteiger partial charge < -0.3 is 5.11 Å². The van der Waals surface area contributed by atoms with Crippen LogP contribution >= 0.6 is 0 Å². The maximum Gasteiger partial charge on any atom is 0.221 e. The fraction of sp³-hybridized carbons (Fsp3) is 0.421. The molecular weight excluding hydrogens is 286 g/mol. The first-order valence-electron chi connectivity index (χ1n) is 8.49. The Bertz CT molecular complexity index is 736. The summed E-state index contributed by atoms with van der Waals surface area (Å²) in [5.74, 6) is 0.0575. The zero-order valence-electron chi connectivity index (χ0n) is 13.6. The largest absolute Gasteiger partial charge is 0.857 e. The average molecular weight is 309 g/mol. The molecule has 0 radical (unpaired) electrons. The molecular formula is C19H23N3O. The van der Waals surface area contributed by atoms with Gasteiger partial charge in [-0.15, -0.1) is 0 Å². The molecule has 0 saturated carbocycles. The van der Waals surface area contributed by atoms with Gasteiger partial charge in [0.1, 0.15) is 5.69 Å². The van der Waals surface area contributed by atoms with Crippen LogP contribution in [0.15, 0.2) is 41.5 Å². The first-order chi connectivity index (χ1) is 11.3. The van der Waals surface area contributed by atoms with Crippen molar-refractivity contribution < 1.29 is 9.79 Å². The molecule has 1 aliphatic heterocycles. The number of hydrogen-bond acceptors (Lipinski definition) is 3. The van der Waals surface area contributed by atoms with Crippen molar-refractivity contribution in [2.24, 2.45) is 11.0 Å². The van der Waals surface area contributed by atoms with Gasteiger partial charge in [-0.05, 0) is 23.7 Å². The molecule has 4 heteroatoms. The predicted molar refractivity (Wildman–Crippen MR) is 91.7 cm³/mol. The number of aromatic nitrogens is 1. The van der Waals surface area contributed by atoms with Gasteiger partial charge in [0.15, 0.2) is 6.54 Å². The SMILES string of the molecule is CCCCCC[C@H]1C/[N+](=C/c2ccc3ccccc3n2)N=C1[O-]. The molecule has 1 aromatic carbocycles. The molecule has 0 N–H and O–H groups in total. The summed E-state index contributed by atoms with van der Waals surface area (Å²) in [5, 5.41) is 17.3. The predicted octanol–water partition coefficient (Wildman–Crippen LogP) is 2.94. The molecule has 2 heterocycles. The Labute approximate surface area is 137 Å². The first-order valence-corrected chi connectivity index (χ1v) is 8.49. The highest BCUT2D eigenvalue weighted by molar-refractivity contribution is 5.84. The molecule has 1 aliphatic rings. The van der Waals surface area contributed by atoms with Crippen molar-refractivity contribution in [3.63, 3.8) is 0 Å². The van der Waals surface area contributed by atoms with Gasteiger partial charge in [-0.1, -0.05) is 61.6 Å². The van der Waals surface area contributed by atoms with Crippen molar-refractivity contribution in [1.82, 2.24) is 4.98 Å². The van der Waals surface area contributed by atoms with E-state index in [4.69, 9.17) is 0 Å². The highest BCUT2D eigenvalue weighted by Gasteiger charge is 2.24. The first kappa shape index (κ1) is 15.7. The van der Waals surface area contributed by atoms with Crippen molar-refractivity contribution in [3.05, 3.63) is 42.1 Å². The van der Waals surface area contributed by atoms with Crippen LogP contribution in [0.5, 0.6) is 0 Å². The van der Waals surface area contributed by atoms with Crippen LogP contribution in [0, 0.1) is 5.92 Å². The van der Waals surface area contributed by atoms with Crippen LogP contribution in [0.25, 0.3) is 10.9 Å². The molecule has 3 rings (SSSR count). The van der Waals surface area contributed by atoms with Gasteiger partial charge in [0.2, 0.25) is 6.21 Å². The lowest BCUT2D eigenvalue weighted by Gasteiger charge is -2.10. The van der Waals surface area contributed by atoms with Gasteiger partial charge in [-0.25, -0.2) is 4.98 Å². The summed E-state index contributed by atoms with van der Waals surface area (Å²) in [6.07, 6.45) is 7.59. The summed E-state index contributed by atoms with van der Waals surface area (Å²) in [5.41, 5.74) is 1.80. The monoisotopic (exact) mass is 309 g/mol. The number of fused-ring (bicyclic) bond motifs is 1. The molecule has 0 spiro atoms. The van der Waals surface area contributed by atoms with Crippen LogP contribution in [0.4, 0.5) is 0 Å². The van der Waals surface area contributed by atoms with E-state index in [9.17, 15) is 5.11 Å². The summed E-state index contributed by atoms with van der Waals surface area (Å²) >= 11 is 0. The molecule has 4 nitrogen and oxygen atoms in total. The van der Waals surface area contributed by atoms with Gasteiger partial charge in [-0.2, -0.15) is 0 Å². The lowest BCUT2D eigenvalue weighted by molar-refractivity contribution is -0.523. The topological polar surface area (TPSA) is 51.3 Å². The third kappa shape index (κ3) is 3.95. The summed E-state index contributed by atoms with van der Waals surface area (Å²) in [4.78, 5) is 4.61.